The van der Waals surface area contributed by atoms with E-state index in [2.05, 4.69) is 4.98 Å². The topological polar surface area (TPSA) is 72.2 Å². The number of carbonyl (C=O) groups excluding carboxylic acids is 1. The zero-order valence-corrected chi connectivity index (χ0v) is 9.42. The molecular weight excluding hydrogens is 220 g/mol. The van der Waals surface area contributed by atoms with Gasteiger partial charge in [-0.1, -0.05) is 6.07 Å². The quantitative estimate of drug-likeness (QED) is 0.330. The fourth-order valence-electron chi connectivity index (χ4n) is 1.06. The summed E-state index contributed by atoms with van der Waals surface area (Å²) in [6, 6.07) is 5.26. The lowest BCUT2D eigenvalue weighted by atomic mass is 10.2. The van der Waals surface area contributed by atoms with Crippen LogP contribution in [0.1, 0.15) is 5.56 Å². The van der Waals surface area contributed by atoms with E-state index in [9.17, 15) is 4.79 Å². The third kappa shape index (κ3) is 4.45. The van der Waals surface area contributed by atoms with Crippen molar-refractivity contribution in [2.75, 3.05) is 20.3 Å². The molecule has 88 valence electrons. The highest BCUT2D eigenvalue weighted by Gasteiger charge is 2.10. The minimum absolute atomic E-state index is 0.0610. The molecule has 0 amide bonds. The molecule has 0 unspecified atom stereocenters. The molecule has 0 N–H and O–H groups in total. The molecule has 1 rings (SSSR count). The van der Waals surface area contributed by atoms with E-state index in [1.165, 1.54) is 13.2 Å². The molecule has 0 bridgehead atoms. The maximum atomic E-state index is 11.5. The largest absolute Gasteiger partial charge is 0.459 e. The summed E-state index contributed by atoms with van der Waals surface area (Å²) in [5.74, 6) is -0.659. The SMILES string of the molecule is COCCOC(=O)/C(C#N)=C/c1cccnc1. The summed E-state index contributed by atoms with van der Waals surface area (Å²) in [5, 5.41) is 8.84. The predicted molar refractivity (Wildman–Crippen MR) is 60.7 cm³/mol. The van der Waals surface area contributed by atoms with Crippen LogP contribution in [0, 0.1) is 11.3 Å². The Morgan fingerprint density at radius 2 is 2.41 bits per heavy atom. The number of ether oxygens (including phenoxy) is 2. The van der Waals surface area contributed by atoms with E-state index in [1.54, 1.807) is 30.6 Å². The van der Waals surface area contributed by atoms with Crippen LogP contribution in [0.3, 0.4) is 0 Å². The number of carbonyl (C=O) groups is 1. The molecule has 0 saturated carbocycles. The van der Waals surface area contributed by atoms with Crippen LogP contribution in [0.4, 0.5) is 0 Å². The van der Waals surface area contributed by atoms with Crippen LogP contribution in [0.2, 0.25) is 0 Å². The van der Waals surface area contributed by atoms with Crippen LogP contribution >= 0.6 is 0 Å². The maximum Gasteiger partial charge on any atom is 0.348 e. The number of nitriles is 1. The highest BCUT2D eigenvalue weighted by Crippen LogP contribution is 2.06. The van der Waals surface area contributed by atoms with Crippen LogP contribution in [-0.4, -0.2) is 31.3 Å². The third-order valence-corrected chi connectivity index (χ3v) is 1.86. The zero-order valence-electron chi connectivity index (χ0n) is 9.42. The first-order valence-corrected chi connectivity index (χ1v) is 4.96. The Bertz CT molecular complexity index is 435. The van der Waals surface area contributed by atoms with Gasteiger partial charge in [-0.3, -0.25) is 4.98 Å². The standard InChI is InChI=1S/C12H12N2O3/c1-16-5-6-17-12(15)11(8-13)7-10-3-2-4-14-9-10/h2-4,7,9H,5-6H2,1H3/b11-7+. The molecule has 0 spiro atoms. The van der Waals surface area contributed by atoms with Crippen LogP contribution in [-0.2, 0) is 14.3 Å². The lowest BCUT2D eigenvalue weighted by molar-refractivity contribution is -0.139. The Morgan fingerprint density at radius 3 is 3.00 bits per heavy atom. The molecule has 5 heteroatoms. The smallest absolute Gasteiger partial charge is 0.348 e. The Morgan fingerprint density at radius 1 is 1.59 bits per heavy atom. The number of hydrogen-bond acceptors (Lipinski definition) is 5. The van der Waals surface area contributed by atoms with Gasteiger partial charge in [-0.05, 0) is 17.7 Å². The molecule has 1 heterocycles. The second-order valence-corrected chi connectivity index (χ2v) is 3.08. The summed E-state index contributed by atoms with van der Waals surface area (Å²) in [6.45, 7) is 0.429. The molecule has 0 aliphatic heterocycles. The van der Waals surface area contributed by atoms with Crippen molar-refractivity contribution in [3.05, 3.63) is 35.7 Å². The Kier molecular flexibility index (Phi) is 5.41. The highest BCUT2D eigenvalue weighted by atomic mass is 16.6. The summed E-state index contributed by atoms with van der Waals surface area (Å²) >= 11 is 0. The van der Waals surface area contributed by atoms with Crippen molar-refractivity contribution in [1.29, 1.82) is 5.26 Å². The first-order chi connectivity index (χ1) is 8.27. The van der Waals surface area contributed by atoms with Crippen LogP contribution in [0.5, 0.6) is 0 Å². The number of pyridine rings is 1. The van der Waals surface area contributed by atoms with E-state index in [0.29, 0.717) is 12.2 Å². The summed E-state index contributed by atoms with van der Waals surface area (Å²) in [5.41, 5.74) is 0.613. The first-order valence-electron chi connectivity index (χ1n) is 4.96. The second-order valence-electron chi connectivity index (χ2n) is 3.08. The van der Waals surface area contributed by atoms with Crippen molar-refractivity contribution >= 4 is 12.0 Å². The van der Waals surface area contributed by atoms with E-state index in [0.717, 1.165) is 0 Å². The number of esters is 1. The van der Waals surface area contributed by atoms with Gasteiger partial charge in [0, 0.05) is 19.5 Å². The van der Waals surface area contributed by atoms with Crippen molar-refractivity contribution < 1.29 is 14.3 Å². The van der Waals surface area contributed by atoms with Gasteiger partial charge in [-0.2, -0.15) is 5.26 Å². The molecule has 0 aromatic carbocycles. The lowest BCUT2D eigenvalue weighted by Gasteiger charge is -2.02. The highest BCUT2D eigenvalue weighted by molar-refractivity contribution is 5.97. The summed E-state index contributed by atoms with van der Waals surface area (Å²) in [4.78, 5) is 15.3. The lowest BCUT2D eigenvalue weighted by Crippen LogP contribution is -2.11. The average molecular weight is 232 g/mol. The van der Waals surface area contributed by atoms with Crippen LogP contribution in [0.15, 0.2) is 30.1 Å². The van der Waals surface area contributed by atoms with Gasteiger partial charge in [0.2, 0.25) is 0 Å². The van der Waals surface area contributed by atoms with E-state index < -0.39 is 5.97 Å². The molecule has 5 nitrogen and oxygen atoms in total. The van der Waals surface area contributed by atoms with Gasteiger partial charge in [0.15, 0.2) is 0 Å². The van der Waals surface area contributed by atoms with Crippen molar-refractivity contribution in [3.8, 4) is 6.07 Å². The van der Waals surface area contributed by atoms with Crippen molar-refractivity contribution in [1.82, 2.24) is 4.98 Å². The molecule has 0 saturated heterocycles. The van der Waals surface area contributed by atoms with Gasteiger partial charge in [0.1, 0.15) is 18.2 Å². The third-order valence-electron chi connectivity index (χ3n) is 1.86. The molecule has 0 aliphatic rings. The number of methoxy groups -OCH3 is 1. The molecule has 0 fully saturated rings. The zero-order chi connectivity index (χ0) is 12.5. The van der Waals surface area contributed by atoms with E-state index in [1.807, 2.05) is 0 Å². The summed E-state index contributed by atoms with van der Waals surface area (Å²) < 4.78 is 9.57. The summed E-state index contributed by atoms with van der Waals surface area (Å²) in [6.07, 6.45) is 4.60. The number of nitrogens with zero attached hydrogens (tertiary/aromatic N) is 2. The number of hydrogen-bond donors (Lipinski definition) is 0. The Labute approximate surface area is 99.3 Å². The van der Waals surface area contributed by atoms with Gasteiger partial charge in [0.05, 0.1) is 6.61 Å². The molecule has 1 aromatic heterocycles. The molecule has 0 aliphatic carbocycles. The Balaban J connectivity index is 2.69. The second kappa shape index (κ2) is 7.14. The fourth-order valence-corrected chi connectivity index (χ4v) is 1.06. The maximum absolute atomic E-state index is 11.5. The molecule has 0 atom stereocenters. The molecule has 0 radical (unpaired) electrons. The average Bonchev–Trinajstić information content (AvgIpc) is 2.37. The molecular formula is C12H12N2O3. The van der Waals surface area contributed by atoms with E-state index in [-0.39, 0.29) is 12.2 Å². The van der Waals surface area contributed by atoms with Gasteiger partial charge < -0.3 is 9.47 Å². The van der Waals surface area contributed by atoms with Crippen molar-refractivity contribution in [3.63, 3.8) is 0 Å². The monoisotopic (exact) mass is 232 g/mol. The number of rotatable bonds is 5. The van der Waals surface area contributed by atoms with Gasteiger partial charge in [-0.15, -0.1) is 0 Å². The summed E-state index contributed by atoms with van der Waals surface area (Å²) in [7, 11) is 1.50. The van der Waals surface area contributed by atoms with Gasteiger partial charge in [0.25, 0.3) is 0 Å². The number of aromatic nitrogens is 1. The fraction of sp³-hybridized carbons (Fsp3) is 0.250. The predicted octanol–water partition coefficient (Wildman–Crippen LogP) is 1.18. The first kappa shape index (κ1) is 12.9. The van der Waals surface area contributed by atoms with E-state index in [4.69, 9.17) is 14.7 Å². The van der Waals surface area contributed by atoms with Gasteiger partial charge in [-0.25, -0.2) is 4.79 Å². The van der Waals surface area contributed by atoms with Crippen LogP contribution in [0.25, 0.3) is 6.08 Å². The van der Waals surface area contributed by atoms with Crippen molar-refractivity contribution in [2.24, 2.45) is 0 Å². The minimum Gasteiger partial charge on any atom is -0.459 e. The van der Waals surface area contributed by atoms with E-state index >= 15 is 0 Å². The normalized spacial score (nSPS) is 10.7. The Hall–Kier alpha value is -2.19. The van der Waals surface area contributed by atoms with Crippen LogP contribution < -0.4 is 0 Å². The molecule has 17 heavy (non-hydrogen) atoms. The van der Waals surface area contributed by atoms with Gasteiger partial charge >= 0.3 is 5.97 Å². The minimum atomic E-state index is -0.659. The van der Waals surface area contributed by atoms with Crippen molar-refractivity contribution in [2.45, 2.75) is 0 Å². The molecule has 1 aromatic rings.